The van der Waals surface area contributed by atoms with Gasteiger partial charge >= 0.3 is 5.97 Å². The molecule has 0 atom stereocenters. The molecule has 0 radical (unpaired) electrons. The average Bonchev–Trinajstić information content (AvgIpc) is 2.72. The smallest absolute Gasteiger partial charge is 0.356 e. The first-order valence-corrected chi connectivity index (χ1v) is 5.52. The van der Waals surface area contributed by atoms with Gasteiger partial charge in [-0.25, -0.2) is 4.79 Å². The summed E-state index contributed by atoms with van der Waals surface area (Å²) in [7, 11) is 3.19. The Kier molecular flexibility index (Phi) is 3.25. The third-order valence-corrected chi connectivity index (χ3v) is 2.95. The fourth-order valence-electron chi connectivity index (χ4n) is 1.69. The van der Waals surface area contributed by atoms with Crippen LogP contribution < -0.4 is 4.74 Å². The lowest BCUT2D eigenvalue weighted by Gasteiger charge is -2.08. The largest absolute Gasteiger partial charge is 0.495 e. The summed E-state index contributed by atoms with van der Waals surface area (Å²) >= 11 is 6.19. The number of methoxy groups -OCH3 is 1. The molecule has 0 aliphatic carbocycles. The van der Waals surface area contributed by atoms with Crippen molar-refractivity contribution in [2.75, 3.05) is 7.11 Å². The third-order valence-electron chi connectivity index (χ3n) is 2.56. The molecule has 0 saturated carbocycles. The second-order valence-electron chi connectivity index (χ2n) is 3.67. The summed E-state index contributed by atoms with van der Waals surface area (Å²) in [4.78, 5) is 10.9. The van der Waals surface area contributed by atoms with Crippen molar-refractivity contribution in [1.82, 2.24) is 9.78 Å². The summed E-state index contributed by atoms with van der Waals surface area (Å²) < 4.78 is 6.60. The molecule has 1 aromatic heterocycles. The maximum atomic E-state index is 10.9. The van der Waals surface area contributed by atoms with E-state index >= 15 is 0 Å². The molecule has 0 spiro atoms. The van der Waals surface area contributed by atoms with Crippen LogP contribution in [0.25, 0.3) is 11.3 Å². The SMILES string of the molecule is COc1cccc(-c2cc(C(=O)O)nn2C)c1Cl. The second kappa shape index (κ2) is 4.70. The number of carboxylic acids is 1. The van der Waals surface area contributed by atoms with Gasteiger partial charge in [-0.15, -0.1) is 0 Å². The van der Waals surface area contributed by atoms with Gasteiger partial charge in [-0.05, 0) is 12.1 Å². The predicted octanol–water partition coefficient (Wildman–Crippen LogP) is 2.45. The van der Waals surface area contributed by atoms with Crippen LogP contribution in [0.2, 0.25) is 5.02 Å². The lowest BCUT2D eigenvalue weighted by atomic mass is 10.1. The van der Waals surface area contributed by atoms with E-state index in [1.165, 1.54) is 17.9 Å². The molecule has 5 nitrogen and oxygen atoms in total. The molecule has 0 fully saturated rings. The minimum atomic E-state index is -1.07. The Balaban J connectivity index is 2.58. The van der Waals surface area contributed by atoms with Gasteiger partial charge in [0.1, 0.15) is 5.75 Å². The van der Waals surface area contributed by atoms with Gasteiger partial charge < -0.3 is 9.84 Å². The number of nitrogens with zero attached hydrogens (tertiary/aromatic N) is 2. The van der Waals surface area contributed by atoms with Crippen molar-refractivity contribution in [2.45, 2.75) is 0 Å². The third kappa shape index (κ3) is 2.04. The number of rotatable bonds is 3. The Bertz CT molecular complexity index is 607. The van der Waals surface area contributed by atoms with E-state index < -0.39 is 5.97 Å². The summed E-state index contributed by atoms with van der Waals surface area (Å²) in [6.45, 7) is 0. The molecule has 0 bridgehead atoms. The van der Waals surface area contributed by atoms with Gasteiger partial charge in [-0.2, -0.15) is 5.10 Å². The highest BCUT2D eigenvalue weighted by Crippen LogP contribution is 2.35. The Labute approximate surface area is 109 Å². The minimum Gasteiger partial charge on any atom is -0.495 e. The van der Waals surface area contributed by atoms with Gasteiger partial charge in [0.05, 0.1) is 17.8 Å². The van der Waals surface area contributed by atoms with Crippen molar-refractivity contribution in [1.29, 1.82) is 0 Å². The first-order chi connectivity index (χ1) is 8.54. The molecule has 1 heterocycles. The average molecular weight is 267 g/mol. The number of hydrogen-bond acceptors (Lipinski definition) is 3. The van der Waals surface area contributed by atoms with E-state index in [1.54, 1.807) is 25.2 Å². The van der Waals surface area contributed by atoms with E-state index in [4.69, 9.17) is 21.4 Å². The van der Waals surface area contributed by atoms with Gasteiger partial charge in [0.25, 0.3) is 0 Å². The van der Waals surface area contributed by atoms with E-state index in [9.17, 15) is 4.79 Å². The number of hydrogen-bond donors (Lipinski definition) is 1. The van der Waals surface area contributed by atoms with E-state index in [0.717, 1.165) is 0 Å². The van der Waals surface area contributed by atoms with E-state index in [2.05, 4.69) is 5.10 Å². The Morgan fingerprint density at radius 1 is 1.50 bits per heavy atom. The zero-order valence-corrected chi connectivity index (χ0v) is 10.6. The molecule has 0 amide bonds. The Morgan fingerprint density at radius 3 is 2.78 bits per heavy atom. The van der Waals surface area contributed by atoms with Crippen LogP contribution in [0.3, 0.4) is 0 Å². The molecule has 0 saturated heterocycles. The fourth-order valence-corrected chi connectivity index (χ4v) is 1.99. The molecule has 0 unspecified atom stereocenters. The Morgan fingerprint density at radius 2 is 2.22 bits per heavy atom. The highest BCUT2D eigenvalue weighted by molar-refractivity contribution is 6.34. The normalized spacial score (nSPS) is 10.4. The van der Waals surface area contributed by atoms with Crippen LogP contribution in [-0.2, 0) is 7.05 Å². The van der Waals surface area contributed by atoms with Crippen molar-refractivity contribution >= 4 is 17.6 Å². The van der Waals surface area contributed by atoms with Crippen molar-refractivity contribution in [2.24, 2.45) is 7.05 Å². The number of benzene rings is 1. The number of aromatic carboxylic acids is 1. The minimum absolute atomic E-state index is 0.0219. The summed E-state index contributed by atoms with van der Waals surface area (Å²) in [5, 5.41) is 13.2. The van der Waals surface area contributed by atoms with Crippen LogP contribution in [0.5, 0.6) is 5.75 Å². The molecule has 2 rings (SSSR count). The molecule has 1 aromatic carbocycles. The summed E-state index contributed by atoms with van der Waals surface area (Å²) in [6, 6.07) is 6.78. The predicted molar refractivity (Wildman–Crippen MR) is 67.2 cm³/mol. The fraction of sp³-hybridized carbons (Fsp3) is 0.167. The number of carboxylic acid groups (broad SMARTS) is 1. The topological polar surface area (TPSA) is 64.3 Å². The van der Waals surface area contributed by atoms with Gasteiger partial charge in [-0.3, -0.25) is 4.68 Å². The van der Waals surface area contributed by atoms with Gasteiger partial charge in [-0.1, -0.05) is 23.7 Å². The van der Waals surface area contributed by atoms with E-state index in [-0.39, 0.29) is 5.69 Å². The zero-order chi connectivity index (χ0) is 13.3. The quantitative estimate of drug-likeness (QED) is 0.927. The molecular weight excluding hydrogens is 256 g/mol. The maximum absolute atomic E-state index is 10.9. The van der Waals surface area contributed by atoms with Crippen molar-refractivity contribution < 1.29 is 14.6 Å². The molecule has 6 heteroatoms. The van der Waals surface area contributed by atoms with Crippen LogP contribution in [0.4, 0.5) is 0 Å². The summed E-state index contributed by atoms with van der Waals surface area (Å²) in [5.74, 6) is -0.539. The molecule has 2 aromatic rings. The summed E-state index contributed by atoms with van der Waals surface area (Å²) in [6.07, 6.45) is 0. The highest BCUT2D eigenvalue weighted by Gasteiger charge is 2.16. The monoisotopic (exact) mass is 266 g/mol. The maximum Gasteiger partial charge on any atom is 0.356 e. The Hall–Kier alpha value is -2.01. The first kappa shape index (κ1) is 12.4. The number of carbonyl (C=O) groups is 1. The number of aromatic nitrogens is 2. The van der Waals surface area contributed by atoms with Crippen molar-refractivity contribution in [3.63, 3.8) is 0 Å². The number of aryl methyl sites for hydroxylation is 1. The molecule has 0 aliphatic heterocycles. The standard InChI is InChI=1S/C12H11ClN2O3/c1-15-9(6-8(14-15)12(16)17)7-4-3-5-10(18-2)11(7)13/h3-6H,1-2H3,(H,16,17). The van der Waals surface area contributed by atoms with Crippen molar-refractivity contribution in [3.05, 3.63) is 35.0 Å². The molecule has 18 heavy (non-hydrogen) atoms. The first-order valence-electron chi connectivity index (χ1n) is 5.14. The molecular formula is C12H11ClN2O3. The number of ether oxygens (including phenoxy) is 1. The van der Waals surface area contributed by atoms with E-state index in [0.29, 0.717) is 22.0 Å². The number of halogens is 1. The van der Waals surface area contributed by atoms with Crippen LogP contribution in [0.15, 0.2) is 24.3 Å². The molecule has 94 valence electrons. The lowest BCUT2D eigenvalue weighted by molar-refractivity contribution is 0.0689. The molecule has 0 aliphatic rings. The van der Waals surface area contributed by atoms with Crippen LogP contribution in [-0.4, -0.2) is 28.0 Å². The van der Waals surface area contributed by atoms with Gasteiger partial charge in [0, 0.05) is 12.6 Å². The van der Waals surface area contributed by atoms with E-state index in [1.807, 2.05) is 0 Å². The van der Waals surface area contributed by atoms with Crippen molar-refractivity contribution in [3.8, 4) is 17.0 Å². The highest BCUT2D eigenvalue weighted by atomic mass is 35.5. The molecule has 1 N–H and O–H groups in total. The van der Waals surface area contributed by atoms with Gasteiger partial charge in [0.15, 0.2) is 5.69 Å². The zero-order valence-electron chi connectivity index (χ0n) is 9.85. The lowest BCUT2D eigenvalue weighted by Crippen LogP contribution is -1.99. The van der Waals surface area contributed by atoms with Crippen LogP contribution in [0.1, 0.15) is 10.5 Å². The van der Waals surface area contributed by atoms with Crippen LogP contribution >= 0.6 is 11.6 Å². The summed E-state index contributed by atoms with van der Waals surface area (Å²) in [5.41, 5.74) is 1.28. The van der Waals surface area contributed by atoms with Crippen LogP contribution in [0, 0.1) is 0 Å². The second-order valence-corrected chi connectivity index (χ2v) is 4.04. The van der Waals surface area contributed by atoms with Gasteiger partial charge in [0.2, 0.25) is 0 Å².